The Hall–Kier alpha value is -2.75. The summed E-state index contributed by atoms with van der Waals surface area (Å²) in [4.78, 5) is 12.0. The van der Waals surface area contributed by atoms with E-state index in [0.29, 0.717) is 25.7 Å². The van der Waals surface area contributed by atoms with E-state index in [1.165, 1.54) is 5.56 Å². The van der Waals surface area contributed by atoms with Gasteiger partial charge in [-0.2, -0.15) is 0 Å². The van der Waals surface area contributed by atoms with E-state index in [1.807, 2.05) is 50.3 Å². The van der Waals surface area contributed by atoms with Crippen molar-refractivity contribution in [3.63, 3.8) is 0 Å². The number of amides is 1. The molecule has 28 heavy (non-hydrogen) atoms. The summed E-state index contributed by atoms with van der Waals surface area (Å²) in [5, 5.41) is 2.92. The second-order valence-corrected chi connectivity index (χ2v) is 6.84. The van der Waals surface area contributed by atoms with Crippen LogP contribution in [0.25, 0.3) is 6.08 Å². The maximum absolute atomic E-state index is 12.0. The van der Waals surface area contributed by atoms with Crippen molar-refractivity contribution >= 4 is 12.0 Å². The van der Waals surface area contributed by atoms with Crippen molar-refractivity contribution in [1.82, 2.24) is 5.32 Å². The molecule has 0 saturated carbocycles. The predicted octanol–water partition coefficient (Wildman–Crippen LogP) is 4.98. The number of carbonyl (C=O) groups excluding carboxylic acids is 1. The van der Waals surface area contributed by atoms with E-state index in [4.69, 9.17) is 9.47 Å². The van der Waals surface area contributed by atoms with E-state index >= 15 is 0 Å². The van der Waals surface area contributed by atoms with Crippen LogP contribution < -0.4 is 14.8 Å². The molecule has 0 atom stereocenters. The minimum Gasteiger partial charge on any atom is -0.490 e. The summed E-state index contributed by atoms with van der Waals surface area (Å²) in [7, 11) is 0. The van der Waals surface area contributed by atoms with Gasteiger partial charge in [0, 0.05) is 12.6 Å². The number of carbonyl (C=O) groups is 1. The van der Waals surface area contributed by atoms with Crippen LogP contribution in [0.15, 0.2) is 48.5 Å². The van der Waals surface area contributed by atoms with Crippen LogP contribution in [0.5, 0.6) is 11.5 Å². The molecule has 2 rings (SSSR count). The molecule has 0 aliphatic carbocycles. The summed E-state index contributed by atoms with van der Waals surface area (Å²) >= 11 is 0. The zero-order valence-electron chi connectivity index (χ0n) is 17.3. The summed E-state index contributed by atoms with van der Waals surface area (Å²) in [5.74, 6) is 1.91. The smallest absolute Gasteiger partial charge is 0.244 e. The fraction of sp³-hybridized carbons (Fsp3) is 0.375. The van der Waals surface area contributed by atoms with Gasteiger partial charge in [0.15, 0.2) is 11.5 Å². The summed E-state index contributed by atoms with van der Waals surface area (Å²) in [5.41, 5.74) is 3.41. The first-order chi connectivity index (χ1) is 13.5. The van der Waals surface area contributed by atoms with E-state index in [2.05, 4.69) is 31.3 Å². The molecule has 1 N–H and O–H groups in total. The fourth-order valence-electron chi connectivity index (χ4n) is 2.80. The van der Waals surface area contributed by atoms with E-state index in [0.717, 1.165) is 29.0 Å². The Morgan fingerprint density at radius 3 is 2.32 bits per heavy atom. The highest BCUT2D eigenvalue weighted by Gasteiger charge is 2.06. The second kappa shape index (κ2) is 11.2. The molecular formula is C24H31NO3. The van der Waals surface area contributed by atoms with Crippen molar-refractivity contribution in [3.8, 4) is 11.5 Å². The number of rotatable bonds is 10. The standard InChI is InChI=1S/C24H31NO3/c1-5-27-22-13-9-20(17-23(22)28-6-2)15-16-25-24(26)14-10-19-7-11-21(12-8-19)18(3)4/h7-14,17-18H,5-6,15-16H2,1-4H3,(H,25,26)/b14-10+. The van der Waals surface area contributed by atoms with Gasteiger partial charge in [0.05, 0.1) is 13.2 Å². The van der Waals surface area contributed by atoms with Crippen molar-refractivity contribution in [2.45, 2.75) is 40.0 Å². The van der Waals surface area contributed by atoms with Crippen molar-refractivity contribution in [2.75, 3.05) is 19.8 Å². The Kier molecular flexibility index (Phi) is 8.60. The molecule has 1 amide bonds. The van der Waals surface area contributed by atoms with E-state index in [-0.39, 0.29) is 5.91 Å². The molecule has 4 heteroatoms. The average Bonchev–Trinajstić information content (AvgIpc) is 2.69. The third kappa shape index (κ3) is 6.76. The SMILES string of the molecule is CCOc1ccc(CCNC(=O)/C=C/c2ccc(C(C)C)cc2)cc1OCC. The molecule has 0 heterocycles. The highest BCUT2D eigenvalue weighted by atomic mass is 16.5. The Labute approximate surface area is 168 Å². The predicted molar refractivity (Wildman–Crippen MR) is 115 cm³/mol. The molecule has 0 aliphatic heterocycles. The Bertz CT molecular complexity index is 779. The van der Waals surface area contributed by atoms with Gasteiger partial charge in [0.25, 0.3) is 0 Å². The van der Waals surface area contributed by atoms with Crippen LogP contribution in [-0.4, -0.2) is 25.7 Å². The van der Waals surface area contributed by atoms with Crippen molar-refractivity contribution in [1.29, 1.82) is 0 Å². The minimum absolute atomic E-state index is 0.0936. The number of hydrogen-bond donors (Lipinski definition) is 1. The number of ether oxygens (including phenoxy) is 2. The molecule has 0 radical (unpaired) electrons. The number of nitrogens with one attached hydrogen (secondary N) is 1. The molecule has 2 aromatic rings. The maximum atomic E-state index is 12.0. The third-order valence-electron chi connectivity index (χ3n) is 4.35. The monoisotopic (exact) mass is 381 g/mol. The molecule has 0 unspecified atom stereocenters. The summed E-state index contributed by atoms with van der Waals surface area (Å²) < 4.78 is 11.2. The van der Waals surface area contributed by atoms with Crippen LogP contribution in [0.3, 0.4) is 0 Å². The molecule has 0 saturated heterocycles. The average molecular weight is 382 g/mol. The quantitative estimate of drug-likeness (QED) is 0.591. The first-order valence-electron chi connectivity index (χ1n) is 9.97. The van der Waals surface area contributed by atoms with Gasteiger partial charge in [-0.1, -0.05) is 44.2 Å². The van der Waals surface area contributed by atoms with Gasteiger partial charge in [-0.25, -0.2) is 0 Å². The lowest BCUT2D eigenvalue weighted by Gasteiger charge is -2.12. The zero-order valence-corrected chi connectivity index (χ0v) is 17.3. The van der Waals surface area contributed by atoms with Crippen LogP contribution in [-0.2, 0) is 11.2 Å². The van der Waals surface area contributed by atoms with Crippen LogP contribution in [0.1, 0.15) is 50.3 Å². The fourth-order valence-corrected chi connectivity index (χ4v) is 2.80. The highest BCUT2D eigenvalue weighted by Crippen LogP contribution is 2.28. The molecule has 0 spiro atoms. The van der Waals surface area contributed by atoms with Crippen molar-refractivity contribution in [2.24, 2.45) is 0 Å². The molecule has 0 bridgehead atoms. The van der Waals surface area contributed by atoms with E-state index < -0.39 is 0 Å². The molecule has 4 nitrogen and oxygen atoms in total. The summed E-state index contributed by atoms with van der Waals surface area (Å²) in [6.07, 6.45) is 4.15. The van der Waals surface area contributed by atoms with Gasteiger partial charge < -0.3 is 14.8 Å². The van der Waals surface area contributed by atoms with Crippen LogP contribution >= 0.6 is 0 Å². The maximum Gasteiger partial charge on any atom is 0.244 e. The number of hydrogen-bond acceptors (Lipinski definition) is 3. The molecule has 150 valence electrons. The molecule has 2 aromatic carbocycles. The first kappa shape index (κ1) is 21.5. The third-order valence-corrected chi connectivity index (χ3v) is 4.35. The molecule has 0 aromatic heterocycles. The Morgan fingerprint density at radius 2 is 1.68 bits per heavy atom. The summed E-state index contributed by atoms with van der Waals surface area (Å²) in [6, 6.07) is 14.2. The normalized spacial score (nSPS) is 11.0. The van der Waals surface area contributed by atoms with Gasteiger partial charge in [0.1, 0.15) is 0 Å². The molecular weight excluding hydrogens is 350 g/mol. The highest BCUT2D eigenvalue weighted by molar-refractivity contribution is 5.91. The summed E-state index contributed by atoms with van der Waals surface area (Å²) in [6.45, 7) is 9.98. The lowest BCUT2D eigenvalue weighted by molar-refractivity contribution is -0.116. The van der Waals surface area contributed by atoms with E-state index in [9.17, 15) is 4.79 Å². The zero-order chi connectivity index (χ0) is 20.4. The molecule has 0 fully saturated rings. The topological polar surface area (TPSA) is 47.6 Å². The Balaban J connectivity index is 1.85. The largest absolute Gasteiger partial charge is 0.490 e. The minimum atomic E-state index is -0.0936. The molecule has 0 aliphatic rings. The number of benzene rings is 2. The van der Waals surface area contributed by atoms with Crippen LogP contribution in [0.4, 0.5) is 0 Å². The van der Waals surface area contributed by atoms with E-state index in [1.54, 1.807) is 6.08 Å². The van der Waals surface area contributed by atoms with Gasteiger partial charge in [0.2, 0.25) is 5.91 Å². The van der Waals surface area contributed by atoms with Gasteiger partial charge in [-0.3, -0.25) is 4.79 Å². The second-order valence-electron chi connectivity index (χ2n) is 6.84. The van der Waals surface area contributed by atoms with Gasteiger partial charge in [-0.15, -0.1) is 0 Å². The first-order valence-corrected chi connectivity index (χ1v) is 9.97. The van der Waals surface area contributed by atoms with Crippen LogP contribution in [0, 0.1) is 0 Å². The van der Waals surface area contributed by atoms with Gasteiger partial charge in [-0.05, 0) is 61.1 Å². The van der Waals surface area contributed by atoms with Crippen LogP contribution in [0.2, 0.25) is 0 Å². The van der Waals surface area contributed by atoms with Crippen molar-refractivity contribution in [3.05, 3.63) is 65.2 Å². The lowest BCUT2D eigenvalue weighted by atomic mass is 10.0. The van der Waals surface area contributed by atoms with Crippen molar-refractivity contribution < 1.29 is 14.3 Å². The Morgan fingerprint density at radius 1 is 1.00 bits per heavy atom. The lowest BCUT2D eigenvalue weighted by Crippen LogP contribution is -2.23. The van der Waals surface area contributed by atoms with Gasteiger partial charge >= 0.3 is 0 Å².